The van der Waals surface area contributed by atoms with E-state index in [4.69, 9.17) is 0 Å². The van der Waals surface area contributed by atoms with Crippen LogP contribution >= 0.6 is 0 Å². The van der Waals surface area contributed by atoms with Gasteiger partial charge in [-0.15, -0.1) is 0 Å². The molecule has 0 spiro atoms. The molecule has 0 radical (unpaired) electrons. The Labute approximate surface area is 373 Å². The van der Waals surface area contributed by atoms with Crippen LogP contribution in [0.2, 0.25) is 0 Å². The second-order valence-corrected chi connectivity index (χ2v) is 16.4. The molecule has 0 aliphatic heterocycles. The third-order valence-corrected chi connectivity index (χ3v) is 12.8. The third kappa shape index (κ3) is 6.35. The topological polar surface area (TPSA) is 8.17 Å². The summed E-state index contributed by atoms with van der Waals surface area (Å²) in [5, 5.41) is 7.37. The molecular weight excluding hydrogens is 773 g/mol. The van der Waals surface area contributed by atoms with E-state index in [1.165, 1.54) is 71.2 Å². The molecule has 0 atom stereocenters. The van der Waals surface area contributed by atoms with E-state index in [9.17, 15) is 0 Å². The smallest absolute Gasteiger partial charge is 0.0541 e. The number of aromatic nitrogens is 1. The fourth-order valence-corrected chi connectivity index (χ4v) is 9.92. The molecule has 0 amide bonds. The number of nitrogens with zero attached hydrogens (tertiary/aromatic N) is 2. The van der Waals surface area contributed by atoms with Gasteiger partial charge in [0, 0.05) is 33.3 Å². The van der Waals surface area contributed by atoms with Gasteiger partial charge in [-0.25, -0.2) is 0 Å². The van der Waals surface area contributed by atoms with Crippen LogP contribution in [0.25, 0.3) is 93.5 Å². The maximum absolute atomic E-state index is 2.49. The molecule has 1 aromatic heterocycles. The summed E-state index contributed by atoms with van der Waals surface area (Å²) in [5.74, 6) is 0. The molecule has 0 N–H and O–H groups in total. The van der Waals surface area contributed by atoms with Crippen LogP contribution in [0.5, 0.6) is 0 Å². The fourth-order valence-electron chi connectivity index (χ4n) is 9.92. The van der Waals surface area contributed by atoms with Gasteiger partial charge in [-0.3, -0.25) is 0 Å². The summed E-state index contributed by atoms with van der Waals surface area (Å²) in [4.78, 5) is 2.49. The Bertz CT molecular complexity index is 3670. The van der Waals surface area contributed by atoms with Crippen molar-refractivity contribution in [2.75, 3.05) is 4.90 Å². The van der Waals surface area contributed by atoms with Crippen molar-refractivity contribution in [1.29, 1.82) is 0 Å². The highest BCUT2D eigenvalue weighted by Gasteiger charge is 2.23. The molecule has 12 aromatic rings. The van der Waals surface area contributed by atoms with Gasteiger partial charge in [0.2, 0.25) is 0 Å². The Morgan fingerprint density at radius 3 is 1.58 bits per heavy atom. The molecule has 0 saturated heterocycles. The second-order valence-electron chi connectivity index (χ2n) is 16.4. The normalized spacial score (nSPS) is 11.4. The molecular formula is C62H42N2. The van der Waals surface area contributed by atoms with Crippen molar-refractivity contribution >= 4 is 60.4 Å². The Morgan fingerprint density at radius 2 is 0.797 bits per heavy atom. The molecule has 12 rings (SSSR count). The number of anilines is 3. The van der Waals surface area contributed by atoms with Crippen LogP contribution in [0, 0.1) is 0 Å². The molecule has 2 nitrogen and oxygen atoms in total. The number of hydrogen-bond donors (Lipinski definition) is 0. The first kappa shape index (κ1) is 37.3. The average molecular weight is 815 g/mol. The van der Waals surface area contributed by atoms with Crippen LogP contribution < -0.4 is 4.90 Å². The molecule has 1 heterocycles. The molecule has 0 aliphatic carbocycles. The van der Waals surface area contributed by atoms with Crippen LogP contribution in [0.15, 0.2) is 255 Å². The molecule has 11 aromatic carbocycles. The van der Waals surface area contributed by atoms with E-state index in [2.05, 4.69) is 264 Å². The van der Waals surface area contributed by atoms with E-state index in [0.29, 0.717) is 0 Å². The van der Waals surface area contributed by atoms with E-state index in [-0.39, 0.29) is 0 Å². The maximum Gasteiger partial charge on any atom is 0.0541 e. The highest BCUT2D eigenvalue weighted by Crippen LogP contribution is 2.48. The molecule has 0 saturated carbocycles. The lowest BCUT2D eigenvalue weighted by molar-refractivity contribution is 1.18. The van der Waals surface area contributed by atoms with Crippen LogP contribution in [0.4, 0.5) is 17.1 Å². The van der Waals surface area contributed by atoms with Crippen molar-refractivity contribution in [3.8, 4) is 50.2 Å². The Hall–Kier alpha value is -8.46. The number of rotatable bonds is 8. The number of hydrogen-bond acceptors (Lipinski definition) is 1. The first-order chi connectivity index (χ1) is 31.8. The summed E-state index contributed by atoms with van der Waals surface area (Å²) in [5.41, 5.74) is 16.3. The number of benzene rings is 11. The minimum absolute atomic E-state index is 1.08. The molecule has 64 heavy (non-hydrogen) atoms. The lowest BCUT2D eigenvalue weighted by atomic mass is 9.90. The van der Waals surface area contributed by atoms with Gasteiger partial charge in [0.25, 0.3) is 0 Å². The zero-order chi connectivity index (χ0) is 42.4. The highest BCUT2D eigenvalue weighted by atomic mass is 15.1. The minimum atomic E-state index is 1.08. The summed E-state index contributed by atoms with van der Waals surface area (Å²) < 4.78 is 2.38. The Kier molecular flexibility index (Phi) is 9.20. The summed E-state index contributed by atoms with van der Waals surface area (Å²) >= 11 is 0. The van der Waals surface area contributed by atoms with Crippen LogP contribution in [0.1, 0.15) is 0 Å². The lowest BCUT2D eigenvalue weighted by Crippen LogP contribution is -2.12. The van der Waals surface area contributed by atoms with Gasteiger partial charge >= 0.3 is 0 Å². The van der Waals surface area contributed by atoms with Crippen molar-refractivity contribution in [2.24, 2.45) is 0 Å². The fraction of sp³-hybridized carbons (Fsp3) is 0. The van der Waals surface area contributed by atoms with E-state index < -0.39 is 0 Å². The lowest BCUT2D eigenvalue weighted by Gasteiger charge is -2.31. The van der Waals surface area contributed by atoms with Crippen LogP contribution in [0.3, 0.4) is 0 Å². The number of fused-ring (bicyclic) bond motifs is 5. The van der Waals surface area contributed by atoms with Gasteiger partial charge in [-0.2, -0.15) is 0 Å². The molecule has 2 heteroatoms. The van der Waals surface area contributed by atoms with E-state index >= 15 is 0 Å². The minimum Gasteiger partial charge on any atom is -0.309 e. The first-order valence-electron chi connectivity index (χ1n) is 22.0. The monoisotopic (exact) mass is 814 g/mol. The van der Waals surface area contributed by atoms with E-state index in [1.54, 1.807) is 0 Å². The third-order valence-electron chi connectivity index (χ3n) is 12.8. The standard InChI is InChI=1S/C62H42N2/c1-3-19-44(20-4-1)51-33-17-23-45-24-18-35-56(62(45)51)54-31-10-13-37-59(54)64(58-36-12-9-30-53(58)52-34-16-22-43-21-7-8-29-50(43)52)49-28-15-25-46(41-49)47-39-40-61-57(42-47)55-32-11-14-38-60(55)63(61)48-26-5-2-6-27-48/h1-42H. The van der Waals surface area contributed by atoms with Crippen molar-refractivity contribution in [1.82, 2.24) is 4.57 Å². The van der Waals surface area contributed by atoms with Gasteiger partial charge in [0.15, 0.2) is 0 Å². The Morgan fingerprint density at radius 1 is 0.281 bits per heavy atom. The van der Waals surface area contributed by atoms with Crippen LogP contribution in [-0.4, -0.2) is 4.57 Å². The summed E-state index contributed by atoms with van der Waals surface area (Å²) in [6.07, 6.45) is 0. The maximum atomic E-state index is 2.49. The molecule has 0 aliphatic rings. The zero-order valence-electron chi connectivity index (χ0n) is 35.1. The van der Waals surface area contributed by atoms with Gasteiger partial charge in [0.05, 0.1) is 22.4 Å². The SMILES string of the molecule is c1ccc(-c2cccc3cccc(-c4ccccc4N(c4cccc(-c5ccc6c(c5)c5ccccc5n6-c5ccccc5)c4)c4ccccc4-c4cccc5ccccc45)c23)cc1. The summed E-state index contributed by atoms with van der Waals surface area (Å²) in [6.45, 7) is 0. The molecule has 300 valence electrons. The van der Waals surface area contributed by atoms with E-state index in [0.717, 1.165) is 39.4 Å². The van der Waals surface area contributed by atoms with E-state index in [1.807, 2.05) is 0 Å². The molecule has 0 fully saturated rings. The van der Waals surface area contributed by atoms with Crippen molar-refractivity contribution in [3.63, 3.8) is 0 Å². The van der Waals surface area contributed by atoms with Crippen molar-refractivity contribution < 1.29 is 0 Å². The largest absolute Gasteiger partial charge is 0.309 e. The zero-order valence-corrected chi connectivity index (χ0v) is 35.1. The average Bonchev–Trinajstić information content (AvgIpc) is 3.70. The van der Waals surface area contributed by atoms with Gasteiger partial charge < -0.3 is 9.47 Å². The van der Waals surface area contributed by atoms with Crippen LogP contribution in [-0.2, 0) is 0 Å². The highest BCUT2D eigenvalue weighted by molar-refractivity contribution is 6.12. The van der Waals surface area contributed by atoms with Gasteiger partial charge in [-0.1, -0.05) is 200 Å². The predicted octanol–water partition coefficient (Wildman–Crippen LogP) is 17.2. The second kappa shape index (κ2) is 15.8. The molecule has 0 bridgehead atoms. The molecule has 0 unspecified atom stereocenters. The number of para-hydroxylation sites is 4. The van der Waals surface area contributed by atoms with Gasteiger partial charge in [0.1, 0.15) is 0 Å². The quantitative estimate of drug-likeness (QED) is 0.148. The summed E-state index contributed by atoms with van der Waals surface area (Å²) in [7, 11) is 0. The Balaban J connectivity index is 1.09. The predicted molar refractivity (Wildman–Crippen MR) is 272 cm³/mol. The summed E-state index contributed by atoms with van der Waals surface area (Å²) in [6, 6.07) is 92.8. The van der Waals surface area contributed by atoms with Crippen molar-refractivity contribution in [3.05, 3.63) is 255 Å². The van der Waals surface area contributed by atoms with Crippen molar-refractivity contribution in [2.45, 2.75) is 0 Å². The van der Waals surface area contributed by atoms with Gasteiger partial charge in [-0.05, 0) is 110 Å². The first-order valence-corrected chi connectivity index (χ1v) is 22.0.